The van der Waals surface area contributed by atoms with Gasteiger partial charge in [0.15, 0.2) is 5.82 Å². The minimum Gasteiger partial charge on any atom is -0.489 e. The molecule has 1 unspecified atom stereocenters. The number of aromatic nitrogens is 4. The van der Waals surface area contributed by atoms with Crippen molar-refractivity contribution in [2.75, 3.05) is 13.2 Å². The van der Waals surface area contributed by atoms with Gasteiger partial charge >= 0.3 is 0 Å². The van der Waals surface area contributed by atoms with Crippen LogP contribution < -0.4 is 4.74 Å². The molecule has 3 heterocycles. The van der Waals surface area contributed by atoms with Gasteiger partial charge in [-0.2, -0.15) is 0 Å². The molecule has 0 bridgehead atoms. The van der Waals surface area contributed by atoms with Crippen LogP contribution in [0.3, 0.4) is 0 Å². The molecule has 1 aromatic carbocycles. The Morgan fingerprint density at radius 2 is 2.25 bits per heavy atom. The summed E-state index contributed by atoms with van der Waals surface area (Å²) in [7, 11) is 1.96. The Morgan fingerprint density at radius 1 is 1.33 bits per heavy atom. The highest BCUT2D eigenvalue weighted by atomic mass is 16.5. The van der Waals surface area contributed by atoms with Crippen molar-refractivity contribution >= 4 is 0 Å². The van der Waals surface area contributed by atoms with Crippen molar-refractivity contribution in [3.63, 3.8) is 0 Å². The molecule has 6 heteroatoms. The molecule has 3 aromatic rings. The minimum atomic E-state index is 0.192. The van der Waals surface area contributed by atoms with E-state index in [4.69, 9.17) is 9.47 Å². The summed E-state index contributed by atoms with van der Waals surface area (Å²) in [6.45, 7) is 1.41. The highest BCUT2D eigenvalue weighted by molar-refractivity contribution is 5.57. The summed E-state index contributed by atoms with van der Waals surface area (Å²) in [6, 6.07) is 8.00. The average molecular weight is 324 g/mol. The Kier molecular flexibility index (Phi) is 4.04. The van der Waals surface area contributed by atoms with Crippen molar-refractivity contribution in [1.82, 2.24) is 19.1 Å². The molecular formula is C18H20N4O2. The Labute approximate surface area is 140 Å². The van der Waals surface area contributed by atoms with Gasteiger partial charge in [0.05, 0.1) is 24.3 Å². The lowest BCUT2D eigenvalue weighted by Gasteiger charge is -2.16. The molecule has 2 aromatic heterocycles. The summed E-state index contributed by atoms with van der Waals surface area (Å²) >= 11 is 0. The predicted octanol–water partition coefficient (Wildman–Crippen LogP) is 2.83. The van der Waals surface area contributed by atoms with Gasteiger partial charge in [-0.05, 0) is 25.0 Å². The molecular weight excluding hydrogens is 304 g/mol. The van der Waals surface area contributed by atoms with E-state index in [-0.39, 0.29) is 6.10 Å². The van der Waals surface area contributed by atoms with Gasteiger partial charge in [-0.1, -0.05) is 12.1 Å². The Balaban J connectivity index is 1.65. The molecule has 1 saturated heterocycles. The number of nitrogens with zero attached hydrogens (tertiary/aromatic N) is 4. The van der Waals surface area contributed by atoms with Crippen LogP contribution in [0.5, 0.6) is 5.75 Å². The van der Waals surface area contributed by atoms with Crippen molar-refractivity contribution in [3.8, 4) is 23.0 Å². The first-order valence-corrected chi connectivity index (χ1v) is 8.17. The molecule has 0 N–H and O–H groups in total. The number of rotatable bonds is 5. The lowest BCUT2D eigenvalue weighted by Crippen LogP contribution is -2.17. The molecule has 0 radical (unpaired) electrons. The van der Waals surface area contributed by atoms with E-state index in [1.807, 2.05) is 52.8 Å². The maximum Gasteiger partial charge on any atom is 0.163 e. The van der Waals surface area contributed by atoms with E-state index < -0.39 is 0 Å². The van der Waals surface area contributed by atoms with Crippen molar-refractivity contribution in [2.45, 2.75) is 18.9 Å². The molecule has 0 spiro atoms. The van der Waals surface area contributed by atoms with Crippen LogP contribution in [0.2, 0.25) is 0 Å². The number of hydrogen-bond acceptors (Lipinski definition) is 4. The highest BCUT2D eigenvalue weighted by Gasteiger charge is 2.18. The quantitative estimate of drug-likeness (QED) is 0.724. The Hall–Kier alpha value is -2.60. The van der Waals surface area contributed by atoms with Gasteiger partial charge in [0.1, 0.15) is 18.1 Å². The number of ether oxygens (including phenoxy) is 2. The van der Waals surface area contributed by atoms with Crippen molar-refractivity contribution in [3.05, 3.63) is 49.2 Å². The minimum absolute atomic E-state index is 0.192. The van der Waals surface area contributed by atoms with Gasteiger partial charge in [0.2, 0.25) is 0 Å². The number of aryl methyl sites for hydroxylation is 1. The molecule has 0 saturated carbocycles. The normalized spacial score (nSPS) is 17.3. The van der Waals surface area contributed by atoms with Gasteiger partial charge in [-0.15, -0.1) is 0 Å². The van der Waals surface area contributed by atoms with Gasteiger partial charge in [0, 0.05) is 26.0 Å². The summed E-state index contributed by atoms with van der Waals surface area (Å²) < 4.78 is 15.7. The third kappa shape index (κ3) is 2.80. The fourth-order valence-corrected chi connectivity index (χ4v) is 3.00. The van der Waals surface area contributed by atoms with Crippen LogP contribution in [0.25, 0.3) is 17.2 Å². The second-order valence-corrected chi connectivity index (χ2v) is 5.92. The lowest BCUT2D eigenvalue weighted by atomic mass is 10.2. The number of benzene rings is 1. The number of imidazole rings is 2. The van der Waals surface area contributed by atoms with Crippen molar-refractivity contribution in [1.29, 1.82) is 0 Å². The SMILES string of the molecule is Cn1cncc1-c1nccn1-c1ccccc1OCC1CCCO1. The van der Waals surface area contributed by atoms with E-state index in [0.29, 0.717) is 6.61 Å². The summed E-state index contributed by atoms with van der Waals surface area (Å²) in [5, 5.41) is 0. The van der Waals surface area contributed by atoms with Crippen molar-refractivity contribution in [2.24, 2.45) is 7.05 Å². The standard InChI is InChI=1S/C18H20N4O2/c1-21-13-19-11-16(21)18-20-8-9-22(18)15-6-2-3-7-17(15)24-12-14-5-4-10-23-14/h2-3,6-9,11,13-14H,4-5,10,12H2,1H3. The molecule has 1 fully saturated rings. The lowest BCUT2D eigenvalue weighted by molar-refractivity contribution is 0.0679. The van der Waals surface area contributed by atoms with E-state index >= 15 is 0 Å². The first kappa shape index (κ1) is 15.0. The molecule has 124 valence electrons. The summed E-state index contributed by atoms with van der Waals surface area (Å²) in [5.41, 5.74) is 1.91. The van der Waals surface area contributed by atoms with Crippen LogP contribution in [-0.4, -0.2) is 38.4 Å². The van der Waals surface area contributed by atoms with E-state index in [2.05, 4.69) is 9.97 Å². The molecule has 24 heavy (non-hydrogen) atoms. The van der Waals surface area contributed by atoms with Gasteiger partial charge in [-0.25, -0.2) is 9.97 Å². The summed E-state index contributed by atoms with van der Waals surface area (Å²) in [4.78, 5) is 8.68. The van der Waals surface area contributed by atoms with Crippen LogP contribution >= 0.6 is 0 Å². The summed E-state index contributed by atoms with van der Waals surface area (Å²) in [5.74, 6) is 1.66. The second-order valence-electron chi connectivity index (χ2n) is 5.92. The van der Waals surface area contributed by atoms with Crippen LogP contribution in [0.4, 0.5) is 0 Å². The topological polar surface area (TPSA) is 54.1 Å². The van der Waals surface area contributed by atoms with E-state index in [0.717, 1.165) is 42.4 Å². The molecule has 0 amide bonds. The monoisotopic (exact) mass is 324 g/mol. The number of para-hydroxylation sites is 2. The molecule has 1 aliphatic heterocycles. The smallest absolute Gasteiger partial charge is 0.163 e. The largest absolute Gasteiger partial charge is 0.489 e. The van der Waals surface area contributed by atoms with Crippen LogP contribution in [0.15, 0.2) is 49.2 Å². The fraction of sp³-hybridized carbons (Fsp3) is 0.333. The van der Waals surface area contributed by atoms with Crippen LogP contribution in [0, 0.1) is 0 Å². The van der Waals surface area contributed by atoms with E-state index in [9.17, 15) is 0 Å². The Morgan fingerprint density at radius 3 is 3.04 bits per heavy atom. The highest BCUT2D eigenvalue weighted by Crippen LogP contribution is 2.28. The Bertz CT molecular complexity index is 818. The van der Waals surface area contributed by atoms with Crippen LogP contribution in [0.1, 0.15) is 12.8 Å². The van der Waals surface area contributed by atoms with Gasteiger partial charge in [-0.3, -0.25) is 4.57 Å². The molecule has 0 aliphatic carbocycles. The average Bonchev–Trinajstić information content (AvgIpc) is 3.34. The zero-order valence-corrected chi connectivity index (χ0v) is 13.6. The third-order valence-corrected chi connectivity index (χ3v) is 4.26. The maximum atomic E-state index is 6.05. The van der Waals surface area contributed by atoms with E-state index in [1.165, 1.54) is 0 Å². The predicted molar refractivity (Wildman–Crippen MR) is 90.2 cm³/mol. The van der Waals surface area contributed by atoms with Crippen molar-refractivity contribution < 1.29 is 9.47 Å². The number of hydrogen-bond donors (Lipinski definition) is 0. The first-order valence-electron chi connectivity index (χ1n) is 8.17. The first-order chi connectivity index (χ1) is 11.8. The van der Waals surface area contributed by atoms with Crippen LogP contribution in [-0.2, 0) is 11.8 Å². The zero-order valence-electron chi connectivity index (χ0n) is 13.6. The molecule has 1 atom stereocenters. The maximum absolute atomic E-state index is 6.05. The van der Waals surface area contributed by atoms with Gasteiger partial charge in [0.25, 0.3) is 0 Å². The zero-order chi connectivity index (χ0) is 16.4. The third-order valence-electron chi connectivity index (χ3n) is 4.26. The molecule has 6 nitrogen and oxygen atoms in total. The second kappa shape index (κ2) is 6.49. The summed E-state index contributed by atoms with van der Waals surface area (Å²) in [6.07, 6.45) is 9.69. The molecule has 4 rings (SSSR count). The molecule has 1 aliphatic rings. The fourth-order valence-electron chi connectivity index (χ4n) is 3.00. The van der Waals surface area contributed by atoms with E-state index in [1.54, 1.807) is 12.5 Å². The van der Waals surface area contributed by atoms with Gasteiger partial charge < -0.3 is 14.0 Å².